The molecule has 1 aromatic carbocycles. The van der Waals surface area contributed by atoms with Crippen molar-refractivity contribution in [2.75, 3.05) is 7.05 Å². The van der Waals surface area contributed by atoms with E-state index in [0.717, 1.165) is 15.9 Å². The second-order valence-electron chi connectivity index (χ2n) is 6.00. The maximum atomic E-state index is 6.36. The van der Waals surface area contributed by atoms with E-state index in [-0.39, 0.29) is 0 Å². The minimum Gasteiger partial charge on any atom is -0.316 e. The van der Waals surface area contributed by atoms with Gasteiger partial charge < -0.3 is 5.32 Å². The normalized spacial score (nSPS) is 20.2. The molecule has 0 amide bonds. The SMILES string of the molecule is CNC(Cc1ccc(Br)cc1Cl)C1(C)CCCCC1. The van der Waals surface area contributed by atoms with Gasteiger partial charge in [-0.25, -0.2) is 0 Å². The lowest BCUT2D eigenvalue weighted by molar-refractivity contribution is 0.149. The van der Waals surface area contributed by atoms with Crippen LogP contribution in [0.4, 0.5) is 0 Å². The third-order valence-corrected chi connectivity index (χ3v) is 5.47. The van der Waals surface area contributed by atoms with Crippen molar-refractivity contribution in [3.05, 3.63) is 33.3 Å². The highest BCUT2D eigenvalue weighted by atomic mass is 79.9. The summed E-state index contributed by atoms with van der Waals surface area (Å²) in [6, 6.07) is 6.72. The molecule has 1 N–H and O–H groups in total. The van der Waals surface area contributed by atoms with Crippen molar-refractivity contribution >= 4 is 27.5 Å². The molecule has 0 radical (unpaired) electrons. The zero-order valence-electron chi connectivity index (χ0n) is 11.8. The molecule has 1 saturated carbocycles. The number of hydrogen-bond donors (Lipinski definition) is 1. The van der Waals surface area contributed by atoms with Crippen LogP contribution in [0.15, 0.2) is 22.7 Å². The van der Waals surface area contributed by atoms with Gasteiger partial charge in [-0.3, -0.25) is 0 Å². The number of benzene rings is 1. The van der Waals surface area contributed by atoms with E-state index in [1.165, 1.54) is 37.7 Å². The average molecular weight is 345 g/mol. The predicted molar refractivity (Wildman–Crippen MR) is 86.9 cm³/mol. The molecule has 0 heterocycles. The van der Waals surface area contributed by atoms with Gasteiger partial charge in [-0.15, -0.1) is 0 Å². The highest BCUT2D eigenvalue weighted by Gasteiger charge is 2.34. The van der Waals surface area contributed by atoms with Crippen LogP contribution in [-0.4, -0.2) is 13.1 Å². The van der Waals surface area contributed by atoms with Crippen molar-refractivity contribution in [2.24, 2.45) is 5.41 Å². The highest BCUT2D eigenvalue weighted by Crippen LogP contribution is 2.40. The molecule has 0 aliphatic heterocycles. The van der Waals surface area contributed by atoms with Crippen molar-refractivity contribution in [1.82, 2.24) is 5.32 Å². The second-order valence-corrected chi connectivity index (χ2v) is 7.32. The first-order valence-corrected chi connectivity index (χ1v) is 8.33. The maximum absolute atomic E-state index is 6.36. The summed E-state index contributed by atoms with van der Waals surface area (Å²) in [5.41, 5.74) is 1.65. The van der Waals surface area contributed by atoms with E-state index in [2.05, 4.69) is 47.4 Å². The summed E-state index contributed by atoms with van der Waals surface area (Å²) in [6.07, 6.45) is 7.79. The Morgan fingerprint density at radius 2 is 2.00 bits per heavy atom. The van der Waals surface area contributed by atoms with E-state index in [9.17, 15) is 0 Å². The molecule has 0 saturated heterocycles. The Labute approximate surface area is 130 Å². The molecule has 1 nitrogen and oxygen atoms in total. The lowest BCUT2D eigenvalue weighted by Crippen LogP contribution is -2.44. The van der Waals surface area contributed by atoms with Gasteiger partial charge in [0.2, 0.25) is 0 Å². The van der Waals surface area contributed by atoms with Crippen molar-refractivity contribution in [3.8, 4) is 0 Å². The Balaban J connectivity index is 2.14. The molecule has 19 heavy (non-hydrogen) atoms. The molecular formula is C16H23BrClN. The van der Waals surface area contributed by atoms with Crippen LogP contribution in [0, 0.1) is 5.41 Å². The Morgan fingerprint density at radius 1 is 1.32 bits per heavy atom. The fraction of sp³-hybridized carbons (Fsp3) is 0.625. The first-order valence-electron chi connectivity index (χ1n) is 7.16. The molecule has 1 aliphatic carbocycles. The van der Waals surface area contributed by atoms with Gasteiger partial charge in [-0.05, 0) is 49.4 Å². The van der Waals surface area contributed by atoms with E-state index in [0.29, 0.717) is 11.5 Å². The van der Waals surface area contributed by atoms with Crippen molar-refractivity contribution < 1.29 is 0 Å². The molecule has 1 fully saturated rings. The first kappa shape index (κ1) is 15.3. The summed E-state index contributed by atoms with van der Waals surface area (Å²) in [6.45, 7) is 2.43. The topological polar surface area (TPSA) is 12.0 Å². The number of halogens is 2. The summed E-state index contributed by atoms with van der Waals surface area (Å²) in [4.78, 5) is 0. The average Bonchev–Trinajstić information content (AvgIpc) is 2.38. The van der Waals surface area contributed by atoms with Gasteiger partial charge >= 0.3 is 0 Å². The molecule has 0 aromatic heterocycles. The van der Waals surface area contributed by atoms with Crippen molar-refractivity contribution in [3.63, 3.8) is 0 Å². The molecule has 106 valence electrons. The maximum Gasteiger partial charge on any atom is 0.0449 e. The highest BCUT2D eigenvalue weighted by molar-refractivity contribution is 9.10. The summed E-state index contributed by atoms with van der Waals surface area (Å²) in [7, 11) is 2.08. The fourth-order valence-corrected chi connectivity index (χ4v) is 4.06. The number of rotatable bonds is 4. The standard InChI is InChI=1S/C16H23BrClN/c1-16(8-4-3-5-9-16)15(19-2)10-12-6-7-13(17)11-14(12)18/h6-7,11,15,19H,3-5,8-10H2,1-2H3. The number of likely N-dealkylation sites (N-methyl/N-ethyl adjacent to an activating group) is 1. The van der Waals surface area contributed by atoms with Crippen LogP contribution in [-0.2, 0) is 6.42 Å². The van der Waals surface area contributed by atoms with Crippen LogP contribution >= 0.6 is 27.5 Å². The minimum atomic E-state index is 0.406. The summed E-state index contributed by atoms with van der Waals surface area (Å²) in [5.74, 6) is 0. The lowest BCUT2D eigenvalue weighted by Gasteiger charge is -2.41. The van der Waals surface area contributed by atoms with Crippen LogP contribution in [0.25, 0.3) is 0 Å². The molecule has 0 bridgehead atoms. The molecule has 0 spiro atoms. The van der Waals surface area contributed by atoms with Gasteiger partial charge in [0.1, 0.15) is 0 Å². The third-order valence-electron chi connectivity index (χ3n) is 4.62. The van der Waals surface area contributed by atoms with E-state index in [4.69, 9.17) is 11.6 Å². The number of nitrogens with one attached hydrogen (secondary N) is 1. The van der Waals surface area contributed by atoms with Gasteiger partial charge in [0.25, 0.3) is 0 Å². The predicted octanol–water partition coefficient (Wildman–Crippen LogP) is 5.20. The lowest BCUT2D eigenvalue weighted by atomic mass is 9.69. The van der Waals surface area contributed by atoms with E-state index < -0.39 is 0 Å². The van der Waals surface area contributed by atoms with Gasteiger partial charge in [-0.2, -0.15) is 0 Å². The fourth-order valence-electron chi connectivity index (χ4n) is 3.31. The van der Waals surface area contributed by atoms with Crippen LogP contribution in [0.3, 0.4) is 0 Å². The van der Waals surface area contributed by atoms with E-state index in [1.54, 1.807) is 0 Å². The second kappa shape index (κ2) is 6.60. The Morgan fingerprint density at radius 3 is 2.58 bits per heavy atom. The summed E-state index contributed by atoms with van der Waals surface area (Å²) in [5, 5.41) is 4.40. The first-order chi connectivity index (χ1) is 9.05. The molecule has 1 aliphatic rings. The van der Waals surface area contributed by atoms with Gasteiger partial charge in [0.15, 0.2) is 0 Å². The Kier molecular flexibility index (Phi) is 5.33. The molecule has 1 aromatic rings. The zero-order chi connectivity index (χ0) is 13.9. The molecule has 1 atom stereocenters. The van der Waals surface area contributed by atoms with Crippen LogP contribution in [0.2, 0.25) is 5.02 Å². The van der Waals surface area contributed by atoms with Crippen LogP contribution in [0.1, 0.15) is 44.6 Å². The Bertz CT molecular complexity index is 427. The monoisotopic (exact) mass is 343 g/mol. The minimum absolute atomic E-state index is 0.406. The third kappa shape index (κ3) is 3.74. The summed E-state index contributed by atoms with van der Waals surface area (Å²) < 4.78 is 1.05. The Hall–Kier alpha value is -0.0500. The van der Waals surface area contributed by atoms with Gasteiger partial charge in [-0.1, -0.05) is 59.8 Å². The molecule has 2 rings (SSSR count). The van der Waals surface area contributed by atoms with E-state index in [1.807, 2.05) is 6.07 Å². The van der Waals surface area contributed by atoms with Gasteiger partial charge in [0.05, 0.1) is 0 Å². The van der Waals surface area contributed by atoms with E-state index >= 15 is 0 Å². The van der Waals surface area contributed by atoms with Crippen molar-refractivity contribution in [1.29, 1.82) is 0 Å². The smallest absolute Gasteiger partial charge is 0.0449 e. The number of hydrogen-bond acceptors (Lipinski definition) is 1. The van der Waals surface area contributed by atoms with Crippen molar-refractivity contribution in [2.45, 2.75) is 51.5 Å². The van der Waals surface area contributed by atoms with Crippen LogP contribution in [0.5, 0.6) is 0 Å². The quantitative estimate of drug-likeness (QED) is 0.791. The molecule has 3 heteroatoms. The molecular weight excluding hydrogens is 322 g/mol. The van der Waals surface area contributed by atoms with Gasteiger partial charge in [0, 0.05) is 15.5 Å². The largest absolute Gasteiger partial charge is 0.316 e. The molecule has 1 unspecified atom stereocenters. The zero-order valence-corrected chi connectivity index (χ0v) is 14.1. The summed E-state index contributed by atoms with van der Waals surface area (Å²) >= 11 is 9.82. The van der Waals surface area contributed by atoms with Crippen LogP contribution < -0.4 is 5.32 Å².